The normalized spacial score (nSPS) is 23.2. The van der Waals surface area contributed by atoms with Gasteiger partial charge in [0.1, 0.15) is 17.2 Å². The topological polar surface area (TPSA) is 97.1 Å². The number of rotatable bonds is 4. The molecule has 2 aliphatic heterocycles. The van der Waals surface area contributed by atoms with Crippen molar-refractivity contribution in [3.63, 3.8) is 0 Å². The lowest BCUT2D eigenvalue weighted by Crippen LogP contribution is -2.44. The summed E-state index contributed by atoms with van der Waals surface area (Å²) in [6.07, 6.45) is 2.47. The van der Waals surface area contributed by atoms with E-state index in [4.69, 9.17) is 9.15 Å². The first-order valence-corrected chi connectivity index (χ1v) is 8.97. The fourth-order valence-corrected chi connectivity index (χ4v) is 4.36. The summed E-state index contributed by atoms with van der Waals surface area (Å²) < 4.78 is 10.4. The second kappa shape index (κ2) is 7.30. The zero-order valence-electron chi connectivity index (χ0n) is 13.7. The number of ether oxygens (including phenoxy) is 1. The first-order chi connectivity index (χ1) is 12.0. The van der Waals surface area contributed by atoms with Crippen molar-refractivity contribution >= 4 is 35.5 Å². The molecule has 2 atom stereocenters. The summed E-state index contributed by atoms with van der Waals surface area (Å²) in [6, 6.07) is 2.66. The molecule has 2 fully saturated rings. The summed E-state index contributed by atoms with van der Waals surface area (Å²) in [4.78, 5) is 50.4. The highest BCUT2D eigenvalue weighted by molar-refractivity contribution is 7.99. The molecule has 3 rings (SSSR count). The quantitative estimate of drug-likeness (QED) is 0.731. The van der Waals surface area contributed by atoms with Gasteiger partial charge >= 0.3 is 5.97 Å². The highest BCUT2D eigenvalue weighted by atomic mass is 32.2. The standard InChI is InChI=1S/C16H18N2O6S/c1-10(19)18-11(9-25-15(18)12-4-3-7-23-12)16(22)24-8-14(21)17-6-2-5-13(17)20/h3-4,7,11,15H,2,5-6,8-9H2,1H3/t11-,15+/m1/s1. The van der Waals surface area contributed by atoms with E-state index in [1.165, 1.54) is 29.8 Å². The van der Waals surface area contributed by atoms with Gasteiger partial charge in [0.15, 0.2) is 6.61 Å². The summed E-state index contributed by atoms with van der Waals surface area (Å²) in [5.41, 5.74) is 0. The van der Waals surface area contributed by atoms with Crippen LogP contribution in [0, 0.1) is 0 Å². The fraction of sp³-hybridized carbons (Fsp3) is 0.500. The molecule has 8 nitrogen and oxygen atoms in total. The molecule has 0 aliphatic carbocycles. The van der Waals surface area contributed by atoms with Crippen molar-refractivity contribution in [1.29, 1.82) is 0 Å². The average molecular weight is 366 g/mol. The van der Waals surface area contributed by atoms with Crippen LogP contribution in [-0.4, -0.2) is 58.4 Å². The van der Waals surface area contributed by atoms with E-state index in [1.54, 1.807) is 12.1 Å². The number of carbonyl (C=O) groups is 4. The SMILES string of the molecule is CC(=O)N1[C@@H](C(=O)OCC(=O)N2CCCC2=O)CS[C@H]1c1ccco1. The molecule has 1 aromatic heterocycles. The Bertz CT molecular complexity index is 689. The Balaban J connectivity index is 1.62. The molecule has 0 saturated carbocycles. The first-order valence-electron chi connectivity index (χ1n) is 7.92. The molecule has 0 unspecified atom stereocenters. The maximum absolute atomic E-state index is 12.4. The lowest BCUT2D eigenvalue weighted by atomic mass is 10.2. The van der Waals surface area contributed by atoms with Crippen molar-refractivity contribution in [2.45, 2.75) is 31.2 Å². The molecular formula is C16H18N2O6S. The van der Waals surface area contributed by atoms with Gasteiger partial charge in [-0.05, 0) is 18.6 Å². The molecule has 0 spiro atoms. The Labute approximate surface area is 148 Å². The Hall–Kier alpha value is -2.29. The zero-order chi connectivity index (χ0) is 18.0. The van der Waals surface area contributed by atoms with Crippen molar-refractivity contribution in [1.82, 2.24) is 9.80 Å². The monoisotopic (exact) mass is 366 g/mol. The molecule has 3 amide bonds. The second-order valence-corrected chi connectivity index (χ2v) is 6.91. The highest BCUT2D eigenvalue weighted by Crippen LogP contribution is 2.41. The molecule has 25 heavy (non-hydrogen) atoms. The van der Waals surface area contributed by atoms with Crippen LogP contribution < -0.4 is 0 Å². The first kappa shape index (κ1) is 17.5. The maximum Gasteiger partial charge on any atom is 0.330 e. The van der Waals surface area contributed by atoms with E-state index >= 15 is 0 Å². The summed E-state index contributed by atoms with van der Waals surface area (Å²) in [6.45, 7) is 1.23. The van der Waals surface area contributed by atoms with Crippen LogP contribution in [0.2, 0.25) is 0 Å². The second-order valence-electron chi connectivity index (χ2n) is 5.79. The van der Waals surface area contributed by atoms with E-state index in [2.05, 4.69) is 0 Å². The molecule has 134 valence electrons. The fourth-order valence-electron chi connectivity index (χ4n) is 2.94. The van der Waals surface area contributed by atoms with Gasteiger partial charge in [-0.15, -0.1) is 11.8 Å². The minimum atomic E-state index is -0.792. The maximum atomic E-state index is 12.4. The summed E-state index contributed by atoms with van der Waals surface area (Å²) in [5, 5.41) is -0.402. The zero-order valence-corrected chi connectivity index (χ0v) is 14.5. The predicted molar refractivity (Wildman–Crippen MR) is 87.1 cm³/mol. The number of thioether (sulfide) groups is 1. The molecule has 2 aliphatic rings. The van der Waals surface area contributed by atoms with E-state index in [0.29, 0.717) is 30.9 Å². The molecule has 0 aromatic carbocycles. The number of furan rings is 1. The minimum Gasteiger partial charge on any atom is -0.466 e. The molecule has 0 radical (unpaired) electrons. The number of carbonyl (C=O) groups excluding carboxylic acids is 4. The van der Waals surface area contributed by atoms with Crippen molar-refractivity contribution in [3.05, 3.63) is 24.2 Å². The van der Waals surface area contributed by atoms with Crippen molar-refractivity contribution in [2.75, 3.05) is 18.9 Å². The number of likely N-dealkylation sites (tertiary alicyclic amines) is 1. The van der Waals surface area contributed by atoms with Crippen molar-refractivity contribution in [2.24, 2.45) is 0 Å². The number of amides is 3. The number of esters is 1. The number of hydrogen-bond donors (Lipinski definition) is 0. The van der Waals surface area contributed by atoms with E-state index in [9.17, 15) is 19.2 Å². The summed E-state index contributed by atoms with van der Waals surface area (Å²) in [7, 11) is 0. The van der Waals surface area contributed by atoms with Crippen LogP contribution in [0.4, 0.5) is 0 Å². The van der Waals surface area contributed by atoms with E-state index < -0.39 is 29.9 Å². The number of imide groups is 1. The minimum absolute atomic E-state index is 0.249. The van der Waals surface area contributed by atoms with Crippen LogP contribution in [0.15, 0.2) is 22.8 Å². The smallest absolute Gasteiger partial charge is 0.330 e. The number of hydrogen-bond acceptors (Lipinski definition) is 7. The van der Waals surface area contributed by atoms with Crippen LogP contribution in [0.5, 0.6) is 0 Å². The third-order valence-corrected chi connectivity index (χ3v) is 5.42. The third-order valence-electron chi connectivity index (χ3n) is 4.14. The molecule has 1 aromatic rings. The van der Waals surface area contributed by atoms with E-state index in [1.807, 2.05) is 0 Å². The van der Waals surface area contributed by atoms with Crippen molar-refractivity contribution in [3.8, 4) is 0 Å². The molecule has 3 heterocycles. The largest absolute Gasteiger partial charge is 0.466 e. The predicted octanol–water partition coefficient (Wildman–Crippen LogP) is 0.934. The Morgan fingerprint density at radius 3 is 2.80 bits per heavy atom. The van der Waals surface area contributed by atoms with Gasteiger partial charge in [0.05, 0.1) is 6.26 Å². The molecule has 0 bridgehead atoms. The van der Waals surface area contributed by atoms with Crippen LogP contribution >= 0.6 is 11.8 Å². The van der Waals surface area contributed by atoms with Gasteiger partial charge in [-0.25, -0.2) is 4.79 Å². The van der Waals surface area contributed by atoms with Gasteiger partial charge in [-0.3, -0.25) is 19.3 Å². The van der Waals surface area contributed by atoms with Crippen LogP contribution in [-0.2, 0) is 23.9 Å². The highest BCUT2D eigenvalue weighted by Gasteiger charge is 2.43. The van der Waals surface area contributed by atoms with Crippen LogP contribution in [0.25, 0.3) is 0 Å². The van der Waals surface area contributed by atoms with Gasteiger partial charge in [0.25, 0.3) is 5.91 Å². The Morgan fingerprint density at radius 1 is 1.40 bits per heavy atom. The lowest BCUT2D eigenvalue weighted by molar-refractivity contribution is -0.159. The van der Waals surface area contributed by atoms with Gasteiger partial charge in [0, 0.05) is 25.6 Å². The van der Waals surface area contributed by atoms with Crippen molar-refractivity contribution < 1.29 is 28.3 Å². The van der Waals surface area contributed by atoms with E-state index in [0.717, 1.165) is 4.90 Å². The summed E-state index contributed by atoms with van der Waals surface area (Å²) in [5.74, 6) is -0.791. The van der Waals surface area contributed by atoms with Gasteiger partial charge in [0.2, 0.25) is 11.8 Å². The Kier molecular flexibility index (Phi) is 5.12. The van der Waals surface area contributed by atoms with Gasteiger partial charge in [-0.1, -0.05) is 0 Å². The number of nitrogens with zero attached hydrogens (tertiary/aromatic N) is 2. The van der Waals surface area contributed by atoms with E-state index in [-0.39, 0.29) is 11.8 Å². The molecule has 2 saturated heterocycles. The lowest BCUT2D eigenvalue weighted by Gasteiger charge is -2.26. The summed E-state index contributed by atoms with van der Waals surface area (Å²) >= 11 is 1.39. The van der Waals surface area contributed by atoms with Gasteiger partial charge in [-0.2, -0.15) is 0 Å². The molecule has 9 heteroatoms. The van der Waals surface area contributed by atoms with Crippen LogP contribution in [0.3, 0.4) is 0 Å². The molecular weight excluding hydrogens is 348 g/mol. The van der Waals surface area contributed by atoms with Gasteiger partial charge < -0.3 is 14.1 Å². The molecule has 0 N–H and O–H groups in total. The average Bonchev–Trinajstić information content (AvgIpc) is 3.30. The van der Waals surface area contributed by atoms with Crippen LogP contribution in [0.1, 0.15) is 30.9 Å². The third kappa shape index (κ3) is 3.55. The Morgan fingerprint density at radius 2 is 2.20 bits per heavy atom.